The molecule has 104 valence electrons. The molecule has 0 saturated heterocycles. The van der Waals surface area contributed by atoms with Crippen LogP contribution in [0.2, 0.25) is 0 Å². The molecule has 0 spiro atoms. The monoisotopic (exact) mass is 265 g/mol. The van der Waals surface area contributed by atoms with Crippen molar-refractivity contribution in [3.05, 3.63) is 0 Å². The summed E-state index contributed by atoms with van der Waals surface area (Å²) in [6, 6.07) is 0.384. The van der Waals surface area contributed by atoms with Gasteiger partial charge >= 0.3 is 0 Å². The summed E-state index contributed by atoms with van der Waals surface area (Å²) in [5, 5.41) is 3.25. The third-order valence-corrected chi connectivity index (χ3v) is 4.30. The van der Waals surface area contributed by atoms with Crippen LogP contribution in [-0.2, 0) is 14.6 Å². The fourth-order valence-electron chi connectivity index (χ4n) is 1.46. The molecule has 0 aromatic rings. The third kappa shape index (κ3) is 10.7. The maximum absolute atomic E-state index is 11.5. The van der Waals surface area contributed by atoms with Crippen LogP contribution in [0.3, 0.4) is 0 Å². The van der Waals surface area contributed by atoms with E-state index in [1.165, 1.54) is 13.5 Å². The van der Waals surface area contributed by atoms with Crippen LogP contribution in [0.1, 0.15) is 33.6 Å². The average Bonchev–Trinajstić information content (AvgIpc) is 2.23. The van der Waals surface area contributed by atoms with E-state index in [2.05, 4.69) is 26.1 Å². The molecule has 1 N–H and O–H groups in total. The molecule has 0 fully saturated rings. The Labute approximate surface area is 106 Å². The summed E-state index contributed by atoms with van der Waals surface area (Å²) in [5.74, 6) is 1.01. The Bertz CT molecular complexity index is 275. The molecule has 1 atom stereocenters. The SMILES string of the molecule is COCCS(=O)(=O)CCNC(C)CCC(C)C. The highest BCUT2D eigenvalue weighted by molar-refractivity contribution is 7.91. The van der Waals surface area contributed by atoms with E-state index >= 15 is 0 Å². The summed E-state index contributed by atoms with van der Waals surface area (Å²) < 4.78 is 27.8. The summed E-state index contributed by atoms with van der Waals surface area (Å²) in [5.41, 5.74) is 0. The summed E-state index contributed by atoms with van der Waals surface area (Å²) >= 11 is 0. The maximum atomic E-state index is 11.5. The first-order valence-electron chi connectivity index (χ1n) is 6.30. The number of sulfone groups is 1. The minimum atomic E-state index is -2.96. The fourth-order valence-corrected chi connectivity index (χ4v) is 2.51. The van der Waals surface area contributed by atoms with E-state index in [1.807, 2.05) is 0 Å². The van der Waals surface area contributed by atoms with E-state index < -0.39 is 9.84 Å². The van der Waals surface area contributed by atoms with Gasteiger partial charge in [-0.3, -0.25) is 0 Å². The highest BCUT2D eigenvalue weighted by atomic mass is 32.2. The number of ether oxygens (including phenoxy) is 1. The van der Waals surface area contributed by atoms with Crippen molar-refractivity contribution in [3.63, 3.8) is 0 Å². The molecule has 0 radical (unpaired) electrons. The van der Waals surface area contributed by atoms with Crippen LogP contribution in [0.25, 0.3) is 0 Å². The molecule has 0 aliphatic rings. The lowest BCUT2D eigenvalue weighted by Crippen LogP contribution is -2.32. The number of methoxy groups -OCH3 is 1. The van der Waals surface area contributed by atoms with Crippen molar-refractivity contribution in [2.24, 2.45) is 5.92 Å². The topological polar surface area (TPSA) is 55.4 Å². The van der Waals surface area contributed by atoms with Gasteiger partial charge in [0, 0.05) is 19.7 Å². The van der Waals surface area contributed by atoms with Crippen molar-refractivity contribution < 1.29 is 13.2 Å². The second-order valence-corrected chi connectivity index (χ2v) is 7.27. The second kappa shape index (κ2) is 8.89. The molecule has 0 saturated carbocycles. The Kier molecular flexibility index (Phi) is 8.82. The molecular weight excluding hydrogens is 238 g/mol. The zero-order chi connectivity index (χ0) is 13.3. The predicted molar refractivity (Wildman–Crippen MR) is 72.1 cm³/mol. The van der Waals surface area contributed by atoms with Gasteiger partial charge < -0.3 is 10.1 Å². The van der Waals surface area contributed by atoms with Gasteiger partial charge in [-0.05, 0) is 25.7 Å². The Hall–Kier alpha value is -0.130. The quantitative estimate of drug-likeness (QED) is 0.650. The van der Waals surface area contributed by atoms with Gasteiger partial charge in [0.15, 0.2) is 9.84 Å². The van der Waals surface area contributed by atoms with E-state index in [4.69, 9.17) is 4.74 Å². The van der Waals surface area contributed by atoms with Crippen LogP contribution >= 0.6 is 0 Å². The second-order valence-electron chi connectivity index (χ2n) is 4.97. The van der Waals surface area contributed by atoms with Gasteiger partial charge in [-0.2, -0.15) is 0 Å². The third-order valence-electron chi connectivity index (χ3n) is 2.68. The van der Waals surface area contributed by atoms with Gasteiger partial charge in [0.1, 0.15) is 0 Å². The standard InChI is InChI=1S/C12H27NO3S/c1-11(2)5-6-12(3)13-7-9-17(14,15)10-8-16-4/h11-13H,5-10H2,1-4H3. The Morgan fingerprint density at radius 3 is 2.29 bits per heavy atom. The van der Waals surface area contributed by atoms with E-state index in [0.717, 1.165) is 6.42 Å². The van der Waals surface area contributed by atoms with Gasteiger partial charge in [0.05, 0.1) is 18.1 Å². The number of hydrogen-bond acceptors (Lipinski definition) is 4. The van der Waals surface area contributed by atoms with Crippen molar-refractivity contribution in [1.82, 2.24) is 5.32 Å². The zero-order valence-electron chi connectivity index (χ0n) is 11.5. The lowest BCUT2D eigenvalue weighted by atomic mass is 10.0. The molecule has 5 heteroatoms. The van der Waals surface area contributed by atoms with Gasteiger partial charge in [-0.15, -0.1) is 0 Å². The van der Waals surface area contributed by atoms with E-state index in [0.29, 0.717) is 18.5 Å². The van der Waals surface area contributed by atoms with Gasteiger partial charge in [-0.25, -0.2) is 8.42 Å². The Balaban J connectivity index is 3.68. The molecule has 1 unspecified atom stereocenters. The minimum Gasteiger partial charge on any atom is -0.384 e. The lowest BCUT2D eigenvalue weighted by molar-refractivity contribution is 0.217. The van der Waals surface area contributed by atoms with Crippen LogP contribution in [0.15, 0.2) is 0 Å². The summed E-state index contributed by atoms with van der Waals surface area (Å²) in [4.78, 5) is 0. The highest BCUT2D eigenvalue weighted by Gasteiger charge is 2.11. The van der Waals surface area contributed by atoms with Crippen LogP contribution < -0.4 is 5.32 Å². The highest BCUT2D eigenvalue weighted by Crippen LogP contribution is 2.06. The molecule has 4 nitrogen and oxygen atoms in total. The first-order valence-corrected chi connectivity index (χ1v) is 8.12. The summed E-state index contributed by atoms with van der Waals surface area (Å²) in [6.07, 6.45) is 2.26. The Morgan fingerprint density at radius 1 is 1.12 bits per heavy atom. The van der Waals surface area contributed by atoms with Crippen molar-refractivity contribution in [2.45, 2.75) is 39.7 Å². The molecule has 0 rings (SSSR count). The molecule has 0 amide bonds. The first-order chi connectivity index (χ1) is 7.87. The normalized spacial score (nSPS) is 14.2. The lowest BCUT2D eigenvalue weighted by Gasteiger charge is -2.14. The predicted octanol–water partition coefficient (Wildman–Crippen LogP) is 1.46. The van der Waals surface area contributed by atoms with Gasteiger partial charge in [0.2, 0.25) is 0 Å². The van der Waals surface area contributed by atoms with Crippen molar-refractivity contribution in [2.75, 3.05) is 31.8 Å². The number of nitrogens with one attached hydrogen (secondary N) is 1. The van der Waals surface area contributed by atoms with Gasteiger partial charge in [-0.1, -0.05) is 13.8 Å². The van der Waals surface area contributed by atoms with Gasteiger partial charge in [0.25, 0.3) is 0 Å². The van der Waals surface area contributed by atoms with Crippen LogP contribution in [0.5, 0.6) is 0 Å². The van der Waals surface area contributed by atoms with Crippen LogP contribution in [0, 0.1) is 5.92 Å². The molecular formula is C12H27NO3S. The molecule has 0 heterocycles. The molecule has 0 aliphatic carbocycles. The molecule has 0 bridgehead atoms. The van der Waals surface area contributed by atoms with Crippen molar-refractivity contribution >= 4 is 9.84 Å². The van der Waals surface area contributed by atoms with Crippen molar-refractivity contribution in [3.8, 4) is 0 Å². The van der Waals surface area contributed by atoms with Crippen molar-refractivity contribution in [1.29, 1.82) is 0 Å². The molecule has 0 aromatic heterocycles. The Morgan fingerprint density at radius 2 is 1.76 bits per heavy atom. The van der Waals surface area contributed by atoms with Crippen LogP contribution in [-0.4, -0.2) is 46.2 Å². The number of rotatable bonds is 10. The van der Waals surface area contributed by atoms with E-state index in [9.17, 15) is 8.42 Å². The first kappa shape index (κ1) is 16.9. The molecule has 17 heavy (non-hydrogen) atoms. The minimum absolute atomic E-state index is 0.117. The average molecular weight is 265 g/mol. The van der Waals surface area contributed by atoms with E-state index in [-0.39, 0.29) is 18.1 Å². The maximum Gasteiger partial charge on any atom is 0.153 e. The smallest absolute Gasteiger partial charge is 0.153 e. The largest absolute Gasteiger partial charge is 0.384 e. The number of hydrogen-bond donors (Lipinski definition) is 1. The molecule has 0 aliphatic heterocycles. The zero-order valence-corrected chi connectivity index (χ0v) is 12.3. The molecule has 0 aromatic carbocycles. The summed E-state index contributed by atoms with van der Waals surface area (Å²) in [7, 11) is -1.44. The van der Waals surface area contributed by atoms with Crippen LogP contribution in [0.4, 0.5) is 0 Å². The van der Waals surface area contributed by atoms with E-state index in [1.54, 1.807) is 0 Å². The summed E-state index contributed by atoms with van der Waals surface area (Å²) in [6.45, 7) is 7.31. The fraction of sp³-hybridized carbons (Fsp3) is 1.00.